The van der Waals surface area contributed by atoms with Gasteiger partial charge in [-0.15, -0.1) is 0 Å². The molecule has 0 aliphatic heterocycles. The average molecular weight is 235 g/mol. The van der Waals surface area contributed by atoms with E-state index in [1.54, 1.807) is 0 Å². The SMILES string of the molecule is CC(CCN)CCCN(C)Cc1ccccn1. The summed E-state index contributed by atoms with van der Waals surface area (Å²) in [5.41, 5.74) is 6.69. The molecular weight excluding hydrogens is 210 g/mol. The molecule has 0 bridgehead atoms. The Morgan fingerprint density at radius 3 is 2.82 bits per heavy atom. The summed E-state index contributed by atoms with van der Waals surface area (Å²) in [5, 5.41) is 0. The summed E-state index contributed by atoms with van der Waals surface area (Å²) in [6.07, 6.45) is 5.50. The van der Waals surface area contributed by atoms with Crippen LogP contribution in [0.15, 0.2) is 24.4 Å². The van der Waals surface area contributed by atoms with Crippen molar-refractivity contribution in [2.75, 3.05) is 20.1 Å². The lowest BCUT2D eigenvalue weighted by Gasteiger charge is -2.17. The quantitative estimate of drug-likeness (QED) is 0.751. The predicted octanol–water partition coefficient (Wildman–Crippen LogP) is 2.28. The van der Waals surface area contributed by atoms with E-state index in [4.69, 9.17) is 5.73 Å². The predicted molar refractivity (Wildman–Crippen MR) is 72.6 cm³/mol. The molecule has 0 aliphatic carbocycles. The van der Waals surface area contributed by atoms with Crippen LogP contribution in [0.5, 0.6) is 0 Å². The largest absolute Gasteiger partial charge is 0.330 e. The van der Waals surface area contributed by atoms with Crippen molar-refractivity contribution in [2.45, 2.75) is 32.7 Å². The van der Waals surface area contributed by atoms with E-state index in [9.17, 15) is 0 Å². The molecule has 1 heterocycles. The van der Waals surface area contributed by atoms with Crippen molar-refractivity contribution >= 4 is 0 Å². The minimum absolute atomic E-state index is 0.753. The van der Waals surface area contributed by atoms with Gasteiger partial charge in [-0.2, -0.15) is 0 Å². The molecule has 0 amide bonds. The lowest BCUT2D eigenvalue weighted by atomic mass is 10.0. The Morgan fingerprint density at radius 2 is 2.18 bits per heavy atom. The Morgan fingerprint density at radius 1 is 1.35 bits per heavy atom. The molecular formula is C14H25N3. The first-order valence-electron chi connectivity index (χ1n) is 6.51. The third-order valence-corrected chi connectivity index (χ3v) is 3.05. The van der Waals surface area contributed by atoms with E-state index in [1.165, 1.54) is 12.8 Å². The van der Waals surface area contributed by atoms with E-state index in [2.05, 4.69) is 29.9 Å². The summed E-state index contributed by atoms with van der Waals surface area (Å²) in [7, 11) is 2.16. The number of nitrogens with zero attached hydrogens (tertiary/aromatic N) is 2. The number of hydrogen-bond donors (Lipinski definition) is 1. The highest BCUT2D eigenvalue weighted by atomic mass is 15.1. The molecule has 0 fully saturated rings. The van der Waals surface area contributed by atoms with Crippen molar-refractivity contribution in [3.8, 4) is 0 Å². The van der Waals surface area contributed by atoms with Gasteiger partial charge in [-0.05, 0) is 57.5 Å². The molecule has 1 aromatic heterocycles. The molecule has 0 aliphatic rings. The second-order valence-electron chi connectivity index (χ2n) is 4.88. The number of hydrogen-bond acceptors (Lipinski definition) is 3. The Labute approximate surface area is 105 Å². The topological polar surface area (TPSA) is 42.1 Å². The fourth-order valence-corrected chi connectivity index (χ4v) is 1.99. The van der Waals surface area contributed by atoms with Gasteiger partial charge in [0.15, 0.2) is 0 Å². The number of aromatic nitrogens is 1. The Balaban J connectivity index is 2.15. The summed E-state index contributed by atoms with van der Waals surface area (Å²) in [6, 6.07) is 6.07. The van der Waals surface area contributed by atoms with E-state index >= 15 is 0 Å². The molecule has 1 aromatic rings. The van der Waals surface area contributed by atoms with Crippen LogP contribution < -0.4 is 5.73 Å². The van der Waals surface area contributed by atoms with Gasteiger partial charge in [0.2, 0.25) is 0 Å². The van der Waals surface area contributed by atoms with E-state index in [-0.39, 0.29) is 0 Å². The third-order valence-electron chi connectivity index (χ3n) is 3.05. The molecule has 2 N–H and O–H groups in total. The van der Waals surface area contributed by atoms with Gasteiger partial charge >= 0.3 is 0 Å². The maximum absolute atomic E-state index is 5.54. The van der Waals surface area contributed by atoms with Crippen LogP contribution in [-0.2, 0) is 6.54 Å². The Hall–Kier alpha value is -0.930. The number of pyridine rings is 1. The zero-order valence-electron chi connectivity index (χ0n) is 11.1. The van der Waals surface area contributed by atoms with E-state index < -0.39 is 0 Å². The first kappa shape index (κ1) is 14.1. The van der Waals surface area contributed by atoms with Crippen LogP contribution in [0.3, 0.4) is 0 Å². The summed E-state index contributed by atoms with van der Waals surface area (Å²) in [5.74, 6) is 0.753. The molecule has 3 nitrogen and oxygen atoms in total. The van der Waals surface area contributed by atoms with Gasteiger partial charge in [-0.1, -0.05) is 13.0 Å². The molecule has 1 atom stereocenters. The number of rotatable bonds is 8. The summed E-state index contributed by atoms with van der Waals surface area (Å²) in [6.45, 7) is 5.16. The van der Waals surface area contributed by atoms with Crippen LogP contribution in [0.1, 0.15) is 31.9 Å². The monoisotopic (exact) mass is 235 g/mol. The molecule has 0 radical (unpaired) electrons. The minimum atomic E-state index is 0.753. The first-order valence-corrected chi connectivity index (χ1v) is 6.51. The van der Waals surface area contributed by atoms with Crippen molar-refractivity contribution in [2.24, 2.45) is 11.7 Å². The molecule has 96 valence electrons. The molecule has 0 saturated carbocycles. The average Bonchev–Trinajstić information content (AvgIpc) is 2.30. The van der Waals surface area contributed by atoms with E-state index in [0.29, 0.717) is 0 Å². The van der Waals surface area contributed by atoms with Crippen LogP contribution in [0.2, 0.25) is 0 Å². The maximum Gasteiger partial charge on any atom is 0.0543 e. The zero-order chi connectivity index (χ0) is 12.5. The molecule has 0 aromatic carbocycles. The van der Waals surface area contributed by atoms with Crippen molar-refractivity contribution in [3.05, 3.63) is 30.1 Å². The van der Waals surface area contributed by atoms with Crippen LogP contribution in [-0.4, -0.2) is 30.0 Å². The van der Waals surface area contributed by atoms with Crippen LogP contribution in [0.25, 0.3) is 0 Å². The van der Waals surface area contributed by atoms with Crippen molar-refractivity contribution in [1.82, 2.24) is 9.88 Å². The summed E-state index contributed by atoms with van der Waals surface area (Å²) < 4.78 is 0. The van der Waals surface area contributed by atoms with E-state index in [1.807, 2.05) is 18.3 Å². The minimum Gasteiger partial charge on any atom is -0.330 e. The van der Waals surface area contributed by atoms with Gasteiger partial charge in [0.25, 0.3) is 0 Å². The molecule has 3 heteroatoms. The van der Waals surface area contributed by atoms with Gasteiger partial charge < -0.3 is 10.6 Å². The summed E-state index contributed by atoms with van der Waals surface area (Å²) in [4.78, 5) is 6.66. The number of nitrogens with two attached hydrogens (primary N) is 1. The maximum atomic E-state index is 5.54. The molecule has 0 spiro atoms. The van der Waals surface area contributed by atoms with E-state index in [0.717, 1.165) is 37.7 Å². The van der Waals surface area contributed by atoms with Gasteiger partial charge in [-0.3, -0.25) is 4.98 Å². The van der Waals surface area contributed by atoms with Gasteiger partial charge in [-0.25, -0.2) is 0 Å². The fraction of sp³-hybridized carbons (Fsp3) is 0.643. The lowest BCUT2D eigenvalue weighted by Crippen LogP contribution is -2.20. The van der Waals surface area contributed by atoms with Crippen LogP contribution >= 0.6 is 0 Å². The molecule has 1 unspecified atom stereocenters. The molecule has 1 rings (SSSR count). The Bertz CT molecular complexity index is 287. The molecule has 17 heavy (non-hydrogen) atoms. The first-order chi connectivity index (χ1) is 8.22. The standard InChI is InChI=1S/C14H25N3/c1-13(8-9-15)6-5-11-17(2)12-14-7-3-4-10-16-14/h3-4,7,10,13H,5-6,8-9,11-12,15H2,1-2H3. The highest BCUT2D eigenvalue weighted by Crippen LogP contribution is 2.10. The smallest absolute Gasteiger partial charge is 0.0543 e. The second kappa shape index (κ2) is 8.20. The highest BCUT2D eigenvalue weighted by Gasteiger charge is 2.04. The molecule has 0 saturated heterocycles. The van der Waals surface area contributed by atoms with Crippen LogP contribution in [0, 0.1) is 5.92 Å². The van der Waals surface area contributed by atoms with Crippen molar-refractivity contribution in [3.63, 3.8) is 0 Å². The van der Waals surface area contributed by atoms with Gasteiger partial charge in [0.1, 0.15) is 0 Å². The Kier molecular flexibility index (Phi) is 6.82. The van der Waals surface area contributed by atoms with Gasteiger partial charge in [0, 0.05) is 12.7 Å². The van der Waals surface area contributed by atoms with Crippen molar-refractivity contribution in [1.29, 1.82) is 0 Å². The summed E-state index contributed by atoms with van der Waals surface area (Å²) >= 11 is 0. The van der Waals surface area contributed by atoms with Crippen molar-refractivity contribution < 1.29 is 0 Å². The zero-order valence-corrected chi connectivity index (χ0v) is 11.1. The lowest BCUT2D eigenvalue weighted by molar-refractivity contribution is 0.303. The van der Waals surface area contributed by atoms with Gasteiger partial charge in [0.05, 0.1) is 5.69 Å². The van der Waals surface area contributed by atoms with Crippen LogP contribution in [0.4, 0.5) is 0 Å². The highest BCUT2D eigenvalue weighted by molar-refractivity contribution is 5.02. The third kappa shape index (κ3) is 6.39. The fourth-order valence-electron chi connectivity index (χ4n) is 1.99. The second-order valence-corrected chi connectivity index (χ2v) is 4.88. The normalized spacial score (nSPS) is 12.9.